The molecule has 1 aromatic rings. The molecule has 1 atom stereocenters. The number of nitrogens with two attached hydrogens (primary N) is 1. The lowest BCUT2D eigenvalue weighted by Gasteiger charge is -2.24. The van der Waals surface area contributed by atoms with Gasteiger partial charge in [0.05, 0.1) is 0 Å². The zero-order valence-electron chi connectivity index (χ0n) is 9.26. The molecule has 1 saturated carbocycles. The highest BCUT2D eigenvalue weighted by Crippen LogP contribution is 2.54. The van der Waals surface area contributed by atoms with Crippen molar-refractivity contribution in [2.45, 2.75) is 18.9 Å². The average molecular weight is 259 g/mol. The fourth-order valence-electron chi connectivity index (χ4n) is 2.19. The van der Waals surface area contributed by atoms with Crippen molar-refractivity contribution in [2.24, 2.45) is 11.1 Å². The van der Waals surface area contributed by atoms with Gasteiger partial charge in [-0.15, -0.1) is 0 Å². The lowest BCUT2D eigenvalue weighted by Crippen LogP contribution is -2.31. The predicted octanol–water partition coefficient (Wildman–Crippen LogP) is 2.99. The van der Waals surface area contributed by atoms with E-state index < -0.39 is 0 Å². The summed E-state index contributed by atoms with van der Waals surface area (Å²) in [5, 5.41) is 4.52. The van der Waals surface area contributed by atoms with E-state index in [1.807, 2.05) is 19.2 Å². The zero-order valence-corrected chi connectivity index (χ0v) is 10.8. The summed E-state index contributed by atoms with van der Waals surface area (Å²) in [5.41, 5.74) is 7.49. The summed E-state index contributed by atoms with van der Waals surface area (Å²) in [4.78, 5) is 0. The van der Waals surface area contributed by atoms with Crippen LogP contribution >= 0.6 is 23.2 Å². The summed E-state index contributed by atoms with van der Waals surface area (Å²) in [7, 11) is 1.95. The van der Waals surface area contributed by atoms with Crippen molar-refractivity contribution in [3.05, 3.63) is 33.8 Å². The molecule has 0 bridgehead atoms. The minimum Gasteiger partial charge on any atom is -0.323 e. The van der Waals surface area contributed by atoms with Crippen LogP contribution in [-0.4, -0.2) is 13.6 Å². The van der Waals surface area contributed by atoms with Gasteiger partial charge in [-0.3, -0.25) is 0 Å². The Morgan fingerprint density at radius 2 is 2.12 bits per heavy atom. The van der Waals surface area contributed by atoms with E-state index in [4.69, 9.17) is 28.9 Å². The topological polar surface area (TPSA) is 38.0 Å². The van der Waals surface area contributed by atoms with Crippen LogP contribution < -0.4 is 11.1 Å². The first-order chi connectivity index (χ1) is 7.59. The maximum absolute atomic E-state index is 6.30. The van der Waals surface area contributed by atoms with Gasteiger partial charge in [-0.05, 0) is 37.6 Å². The van der Waals surface area contributed by atoms with Crippen LogP contribution in [0.15, 0.2) is 18.2 Å². The van der Waals surface area contributed by atoms with E-state index >= 15 is 0 Å². The van der Waals surface area contributed by atoms with Crippen LogP contribution in [0.25, 0.3) is 0 Å². The van der Waals surface area contributed by atoms with Crippen LogP contribution in [0, 0.1) is 5.41 Å². The summed E-state index contributed by atoms with van der Waals surface area (Å²) in [5.74, 6) is 0. The van der Waals surface area contributed by atoms with Crippen molar-refractivity contribution in [3.63, 3.8) is 0 Å². The molecule has 0 spiro atoms. The third kappa shape index (κ3) is 2.21. The molecule has 0 saturated heterocycles. The van der Waals surface area contributed by atoms with Crippen molar-refractivity contribution in [1.29, 1.82) is 0 Å². The van der Waals surface area contributed by atoms with Gasteiger partial charge >= 0.3 is 0 Å². The number of benzene rings is 1. The normalized spacial score (nSPS) is 19.5. The highest BCUT2D eigenvalue weighted by atomic mass is 35.5. The number of rotatable bonds is 4. The molecule has 1 aliphatic rings. The molecule has 1 aliphatic carbocycles. The molecule has 0 radical (unpaired) electrons. The second-order valence-corrected chi connectivity index (χ2v) is 5.38. The Hall–Kier alpha value is -0.280. The Morgan fingerprint density at radius 3 is 2.62 bits per heavy atom. The van der Waals surface area contributed by atoms with Gasteiger partial charge in [0.25, 0.3) is 0 Å². The molecule has 0 heterocycles. The zero-order chi connectivity index (χ0) is 11.8. The van der Waals surface area contributed by atoms with E-state index in [1.54, 1.807) is 6.07 Å². The molecule has 16 heavy (non-hydrogen) atoms. The second kappa shape index (κ2) is 4.53. The lowest BCUT2D eigenvalue weighted by atomic mass is 9.90. The molecule has 2 nitrogen and oxygen atoms in total. The van der Waals surface area contributed by atoms with E-state index in [9.17, 15) is 0 Å². The summed E-state index contributed by atoms with van der Waals surface area (Å²) < 4.78 is 0. The molecule has 88 valence electrons. The molecule has 3 N–H and O–H groups in total. The Bertz CT molecular complexity index is 389. The lowest BCUT2D eigenvalue weighted by molar-refractivity contribution is 0.392. The molecule has 0 aliphatic heterocycles. The first-order valence-electron chi connectivity index (χ1n) is 5.44. The third-order valence-electron chi connectivity index (χ3n) is 3.38. The van der Waals surface area contributed by atoms with Gasteiger partial charge in [-0.25, -0.2) is 0 Å². The Morgan fingerprint density at radius 1 is 1.44 bits per heavy atom. The maximum Gasteiger partial charge on any atom is 0.0468 e. The monoisotopic (exact) mass is 258 g/mol. The van der Waals surface area contributed by atoms with E-state index in [1.165, 1.54) is 0 Å². The van der Waals surface area contributed by atoms with Crippen molar-refractivity contribution in [3.8, 4) is 0 Å². The van der Waals surface area contributed by atoms with Crippen molar-refractivity contribution < 1.29 is 0 Å². The van der Waals surface area contributed by atoms with Gasteiger partial charge in [0.2, 0.25) is 0 Å². The maximum atomic E-state index is 6.30. The smallest absolute Gasteiger partial charge is 0.0468 e. The van der Waals surface area contributed by atoms with Gasteiger partial charge in [0, 0.05) is 28.0 Å². The molecule has 1 aromatic carbocycles. The van der Waals surface area contributed by atoms with Crippen LogP contribution in [0.2, 0.25) is 10.0 Å². The first kappa shape index (κ1) is 12.2. The van der Waals surface area contributed by atoms with Gasteiger partial charge in [-0.2, -0.15) is 0 Å². The van der Waals surface area contributed by atoms with Crippen LogP contribution in [0.5, 0.6) is 0 Å². The summed E-state index contributed by atoms with van der Waals surface area (Å²) >= 11 is 12.0. The van der Waals surface area contributed by atoms with Gasteiger partial charge in [0.15, 0.2) is 0 Å². The number of hydrogen-bond acceptors (Lipinski definition) is 2. The fourth-order valence-corrected chi connectivity index (χ4v) is 2.72. The highest BCUT2D eigenvalue weighted by molar-refractivity contribution is 6.35. The van der Waals surface area contributed by atoms with Crippen LogP contribution in [-0.2, 0) is 0 Å². The summed E-state index contributed by atoms with van der Waals surface area (Å²) in [6, 6.07) is 5.53. The van der Waals surface area contributed by atoms with Crippen LogP contribution in [0.1, 0.15) is 24.4 Å². The Kier molecular flexibility index (Phi) is 3.45. The van der Waals surface area contributed by atoms with E-state index in [-0.39, 0.29) is 11.5 Å². The minimum atomic E-state index is -0.00952. The largest absolute Gasteiger partial charge is 0.323 e. The quantitative estimate of drug-likeness (QED) is 0.872. The van der Waals surface area contributed by atoms with Gasteiger partial charge in [-0.1, -0.05) is 29.3 Å². The summed E-state index contributed by atoms with van der Waals surface area (Å²) in [6.45, 7) is 0.938. The molecular formula is C12H16Cl2N2. The summed E-state index contributed by atoms with van der Waals surface area (Å²) in [6.07, 6.45) is 2.32. The van der Waals surface area contributed by atoms with Gasteiger partial charge in [0.1, 0.15) is 0 Å². The average Bonchev–Trinajstić information content (AvgIpc) is 2.99. The Labute approximate surface area is 106 Å². The predicted molar refractivity (Wildman–Crippen MR) is 69.0 cm³/mol. The van der Waals surface area contributed by atoms with Crippen LogP contribution in [0.3, 0.4) is 0 Å². The number of halogens is 2. The van der Waals surface area contributed by atoms with Gasteiger partial charge < -0.3 is 11.1 Å². The molecule has 1 unspecified atom stereocenters. The van der Waals surface area contributed by atoms with E-state index in [0.29, 0.717) is 10.0 Å². The molecule has 0 aromatic heterocycles. The fraction of sp³-hybridized carbons (Fsp3) is 0.500. The van der Waals surface area contributed by atoms with E-state index in [0.717, 1.165) is 24.9 Å². The van der Waals surface area contributed by atoms with Crippen molar-refractivity contribution in [1.82, 2.24) is 5.32 Å². The second-order valence-electron chi connectivity index (χ2n) is 4.54. The number of nitrogens with one attached hydrogen (secondary N) is 1. The van der Waals surface area contributed by atoms with Crippen LogP contribution in [0.4, 0.5) is 0 Å². The molecular weight excluding hydrogens is 243 g/mol. The number of hydrogen-bond donors (Lipinski definition) is 2. The first-order valence-corrected chi connectivity index (χ1v) is 6.20. The van der Waals surface area contributed by atoms with E-state index in [2.05, 4.69) is 5.32 Å². The molecule has 4 heteroatoms. The van der Waals surface area contributed by atoms with Crippen molar-refractivity contribution >= 4 is 23.2 Å². The molecule has 1 fully saturated rings. The molecule has 0 amide bonds. The standard InChI is InChI=1S/C12H16Cl2N2/c1-16-7-12(4-5-12)11(15)9-3-2-8(13)6-10(9)14/h2-3,6,11,16H,4-5,7,15H2,1H3. The molecule has 2 rings (SSSR count). The highest BCUT2D eigenvalue weighted by Gasteiger charge is 2.48. The van der Waals surface area contributed by atoms with Crippen molar-refractivity contribution in [2.75, 3.05) is 13.6 Å². The Balaban J connectivity index is 2.24. The third-order valence-corrected chi connectivity index (χ3v) is 3.94. The minimum absolute atomic E-state index is 0.00952. The SMILES string of the molecule is CNCC1(C(N)c2ccc(Cl)cc2Cl)CC1.